The van der Waals surface area contributed by atoms with E-state index in [2.05, 4.69) is 15.4 Å². The van der Waals surface area contributed by atoms with Gasteiger partial charge in [0.2, 0.25) is 0 Å². The molecule has 0 aliphatic carbocycles. The lowest BCUT2D eigenvalue weighted by Gasteiger charge is -2.33. The topological polar surface area (TPSA) is 98.6 Å². The fraction of sp³-hybridized carbons (Fsp3) is 0.524. The maximum atomic E-state index is 12.3. The highest BCUT2D eigenvalue weighted by atomic mass is 16.6. The zero-order valence-electron chi connectivity index (χ0n) is 18.1. The summed E-state index contributed by atoms with van der Waals surface area (Å²) in [5.41, 5.74) is 2.08. The number of carbonyl (C=O) groups is 2. The highest BCUT2D eigenvalue weighted by Crippen LogP contribution is 2.28. The molecule has 0 aromatic carbocycles. The third-order valence-electron chi connectivity index (χ3n) is 4.90. The Labute approximate surface area is 176 Å². The third kappa shape index (κ3) is 5.08. The Morgan fingerprint density at radius 3 is 2.53 bits per heavy atom. The smallest absolute Gasteiger partial charge is 0.410 e. The molecule has 0 spiro atoms. The van der Waals surface area contributed by atoms with Crippen LogP contribution in [0.25, 0.3) is 0 Å². The van der Waals surface area contributed by atoms with Crippen LogP contribution in [-0.4, -0.2) is 57.5 Å². The number of anilines is 2. The van der Waals surface area contributed by atoms with Gasteiger partial charge in [-0.3, -0.25) is 9.67 Å². The largest absolute Gasteiger partial charge is 0.465 e. The number of carbonyl (C=O) groups excluding carboxylic acids is 2. The molecule has 1 aliphatic rings. The molecular formula is C21H29N5O4. The predicted molar refractivity (Wildman–Crippen MR) is 112 cm³/mol. The van der Waals surface area contributed by atoms with Gasteiger partial charge in [0.15, 0.2) is 0 Å². The maximum Gasteiger partial charge on any atom is 0.410 e. The van der Waals surface area contributed by atoms with Gasteiger partial charge in [-0.2, -0.15) is 5.10 Å². The van der Waals surface area contributed by atoms with Crippen molar-refractivity contribution >= 4 is 23.4 Å². The van der Waals surface area contributed by atoms with Crippen molar-refractivity contribution in [1.29, 1.82) is 0 Å². The number of esters is 1. The Morgan fingerprint density at radius 1 is 1.20 bits per heavy atom. The van der Waals surface area contributed by atoms with Crippen LogP contribution in [0.4, 0.5) is 16.2 Å². The van der Waals surface area contributed by atoms with Crippen LogP contribution < -0.4 is 5.32 Å². The number of methoxy groups -OCH3 is 1. The van der Waals surface area contributed by atoms with Gasteiger partial charge in [0.05, 0.1) is 42.0 Å². The van der Waals surface area contributed by atoms with Crippen LogP contribution in [0, 0.1) is 6.92 Å². The summed E-state index contributed by atoms with van der Waals surface area (Å²) in [5, 5.41) is 7.87. The van der Waals surface area contributed by atoms with Crippen molar-refractivity contribution in [2.75, 3.05) is 25.5 Å². The van der Waals surface area contributed by atoms with E-state index >= 15 is 0 Å². The molecule has 9 heteroatoms. The Balaban J connectivity index is 1.67. The summed E-state index contributed by atoms with van der Waals surface area (Å²) in [5.74, 6) is -0.431. The van der Waals surface area contributed by atoms with E-state index in [1.807, 2.05) is 38.6 Å². The van der Waals surface area contributed by atoms with E-state index in [-0.39, 0.29) is 12.1 Å². The van der Waals surface area contributed by atoms with Crippen LogP contribution in [0.2, 0.25) is 0 Å². The SMILES string of the molecule is COC(=O)c1ccncc1Nc1cn(C2CCN(C(=O)OC(C)(C)C)CC2)nc1C. The zero-order valence-corrected chi connectivity index (χ0v) is 18.1. The van der Waals surface area contributed by atoms with Crippen molar-refractivity contribution in [2.24, 2.45) is 0 Å². The maximum absolute atomic E-state index is 12.3. The molecule has 3 heterocycles. The number of pyridine rings is 1. The summed E-state index contributed by atoms with van der Waals surface area (Å²) < 4.78 is 12.2. The van der Waals surface area contributed by atoms with E-state index in [9.17, 15) is 9.59 Å². The summed E-state index contributed by atoms with van der Waals surface area (Å²) in [6, 6.07) is 1.80. The van der Waals surface area contributed by atoms with Crippen LogP contribution in [0.1, 0.15) is 55.7 Å². The fourth-order valence-corrected chi connectivity index (χ4v) is 3.36. The van der Waals surface area contributed by atoms with E-state index < -0.39 is 11.6 Å². The van der Waals surface area contributed by atoms with Crippen LogP contribution in [0.15, 0.2) is 24.7 Å². The number of hydrogen-bond acceptors (Lipinski definition) is 7. The number of nitrogens with one attached hydrogen (secondary N) is 1. The minimum Gasteiger partial charge on any atom is -0.465 e. The normalized spacial score (nSPS) is 15.0. The molecule has 1 N–H and O–H groups in total. The molecule has 3 rings (SSSR count). The summed E-state index contributed by atoms with van der Waals surface area (Å²) >= 11 is 0. The van der Waals surface area contributed by atoms with Crippen molar-refractivity contribution < 1.29 is 19.1 Å². The minimum atomic E-state index is -0.497. The summed E-state index contributed by atoms with van der Waals surface area (Å²) in [6.45, 7) is 8.75. The fourth-order valence-electron chi connectivity index (χ4n) is 3.36. The predicted octanol–water partition coefficient (Wildman–Crippen LogP) is 3.69. The first-order valence-electron chi connectivity index (χ1n) is 10.0. The number of aryl methyl sites for hydroxylation is 1. The molecule has 30 heavy (non-hydrogen) atoms. The number of nitrogens with zero attached hydrogens (tertiary/aromatic N) is 4. The van der Waals surface area contributed by atoms with Gasteiger partial charge in [-0.15, -0.1) is 0 Å². The molecular weight excluding hydrogens is 386 g/mol. The van der Waals surface area contributed by atoms with Crippen molar-refractivity contribution in [2.45, 2.75) is 52.2 Å². The zero-order chi connectivity index (χ0) is 21.9. The highest BCUT2D eigenvalue weighted by Gasteiger charge is 2.28. The van der Waals surface area contributed by atoms with Gasteiger partial charge in [-0.25, -0.2) is 9.59 Å². The molecule has 1 saturated heterocycles. The first-order valence-corrected chi connectivity index (χ1v) is 10.0. The lowest BCUT2D eigenvalue weighted by atomic mass is 10.1. The molecule has 1 amide bonds. The number of rotatable bonds is 4. The van der Waals surface area contributed by atoms with Crippen molar-refractivity contribution in [3.8, 4) is 0 Å². The monoisotopic (exact) mass is 415 g/mol. The van der Waals surface area contributed by atoms with Gasteiger partial charge in [0, 0.05) is 25.5 Å². The lowest BCUT2D eigenvalue weighted by molar-refractivity contribution is 0.0184. The molecule has 0 bridgehead atoms. The van der Waals surface area contributed by atoms with Gasteiger partial charge < -0.3 is 19.7 Å². The van der Waals surface area contributed by atoms with Crippen LogP contribution in [0.3, 0.4) is 0 Å². The van der Waals surface area contributed by atoms with Gasteiger partial charge in [-0.05, 0) is 46.6 Å². The molecule has 0 unspecified atom stereocenters. The van der Waals surface area contributed by atoms with Gasteiger partial charge in [0.25, 0.3) is 0 Å². The third-order valence-corrected chi connectivity index (χ3v) is 4.90. The molecule has 0 saturated carbocycles. The Hall–Kier alpha value is -3.10. The molecule has 2 aromatic rings. The average Bonchev–Trinajstić information content (AvgIpc) is 3.07. The minimum absolute atomic E-state index is 0.187. The molecule has 0 atom stereocenters. The van der Waals surface area contributed by atoms with E-state index in [4.69, 9.17) is 9.47 Å². The summed E-state index contributed by atoms with van der Waals surface area (Å²) in [7, 11) is 1.35. The Morgan fingerprint density at radius 2 is 1.90 bits per heavy atom. The Kier molecular flexibility index (Phi) is 6.28. The quantitative estimate of drug-likeness (QED) is 0.760. The number of aromatic nitrogens is 3. The summed E-state index contributed by atoms with van der Waals surface area (Å²) in [4.78, 5) is 30.1. The molecule has 0 radical (unpaired) electrons. The molecule has 2 aromatic heterocycles. The van der Waals surface area contributed by atoms with Crippen LogP contribution >= 0.6 is 0 Å². The van der Waals surface area contributed by atoms with E-state index in [0.717, 1.165) is 24.2 Å². The standard InChI is InChI=1S/C21H29N5O4/c1-14-18(23-17-12-22-9-6-16(17)19(27)29-5)13-26(24-14)15-7-10-25(11-8-15)20(28)30-21(2,3)4/h6,9,12-13,15,23H,7-8,10-11H2,1-5H3. The van der Waals surface area contributed by atoms with Gasteiger partial charge >= 0.3 is 12.1 Å². The number of ether oxygens (including phenoxy) is 2. The van der Waals surface area contributed by atoms with Gasteiger partial charge in [0.1, 0.15) is 5.60 Å². The Bertz CT molecular complexity index is 910. The lowest BCUT2D eigenvalue weighted by Crippen LogP contribution is -2.42. The van der Waals surface area contributed by atoms with Gasteiger partial charge in [-0.1, -0.05) is 0 Å². The van der Waals surface area contributed by atoms with E-state index in [1.54, 1.807) is 23.4 Å². The number of hydrogen-bond donors (Lipinski definition) is 1. The van der Waals surface area contributed by atoms with E-state index in [0.29, 0.717) is 24.3 Å². The van der Waals surface area contributed by atoms with E-state index in [1.165, 1.54) is 7.11 Å². The number of amides is 1. The molecule has 1 fully saturated rings. The van der Waals surface area contributed by atoms with Crippen LogP contribution in [-0.2, 0) is 9.47 Å². The molecule has 9 nitrogen and oxygen atoms in total. The van der Waals surface area contributed by atoms with Crippen molar-refractivity contribution in [3.05, 3.63) is 35.9 Å². The second-order valence-corrected chi connectivity index (χ2v) is 8.34. The number of likely N-dealkylation sites (tertiary alicyclic amines) is 1. The first kappa shape index (κ1) is 21.6. The highest BCUT2D eigenvalue weighted by molar-refractivity contribution is 5.96. The van der Waals surface area contributed by atoms with Crippen LogP contribution in [0.5, 0.6) is 0 Å². The number of piperidine rings is 1. The summed E-state index contributed by atoms with van der Waals surface area (Å²) in [6.07, 6.45) is 6.37. The second-order valence-electron chi connectivity index (χ2n) is 8.34. The molecule has 1 aliphatic heterocycles. The first-order chi connectivity index (χ1) is 14.2. The van der Waals surface area contributed by atoms with Crippen molar-refractivity contribution in [1.82, 2.24) is 19.7 Å². The van der Waals surface area contributed by atoms with Crippen molar-refractivity contribution in [3.63, 3.8) is 0 Å². The molecule has 162 valence electrons. The second kappa shape index (κ2) is 8.73. The average molecular weight is 415 g/mol.